The summed E-state index contributed by atoms with van der Waals surface area (Å²) >= 11 is 12.5. The Morgan fingerprint density at radius 2 is 1.56 bits per heavy atom. The van der Waals surface area contributed by atoms with Gasteiger partial charge in [0.25, 0.3) is 0 Å². The second-order valence-electron chi connectivity index (χ2n) is 9.20. The van der Waals surface area contributed by atoms with Gasteiger partial charge in [-0.25, -0.2) is 12.7 Å². The van der Waals surface area contributed by atoms with Crippen LogP contribution < -0.4 is 19.9 Å². The molecule has 0 unspecified atom stereocenters. The predicted octanol–water partition coefficient (Wildman–Crippen LogP) is 4.68. The molecule has 9 nitrogen and oxygen atoms in total. The van der Waals surface area contributed by atoms with Gasteiger partial charge in [0.05, 0.1) is 12.1 Å². The van der Waals surface area contributed by atoms with Crippen molar-refractivity contribution in [3.63, 3.8) is 0 Å². The van der Waals surface area contributed by atoms with Gasteiger partial charge in [-0.3, -0.25) is 9.78 Å². The van der Waals surface area contributed by atoms with Crippen LogP contribution in [0.4, 0.5) is 17.1 Å². The number of nitrogens with one attached hydrogen (secondary N) is 1. The zero-order valence-electron chi connectivity index (χ0n) is 22.0. The second-order valence-corrected chi connectivity index (χ2v) is 11.9. The summed E-state index contributed by atoms with van der Waals surface area (Å²) in [6.45, 7) is 5.17. The number of anilines is 3. The van der Waals surface area contributed by atoms with Gasteiger partial charge in [-0.05, 0) is 55.0 Å². The standard InChI is InChI=1S/C27H31Cl2N5O4S/c1-19-18-23(38-3)25(28)26(29)27(19)39(36,37)32(2)13-10-24(35)31-20-4-6-21(7-5-20)33-14-16-34(17-15-33)22-8-11-30-12-9-22/h4-9,11-12,18H,10,13-17H2,1-3H3,(H,31,35). The minimum absolute atomic E-state index is 0.0218. The lowest BCUT2D eigenvalue weighted by Gasteiger charge is -2.37. The van der Waals surface area contributed by atoms with Gasteiger partial charge < -0.3 is 19.9 Å². The molecular weight excluding hydrogens is 561 g/mol. The average molecular weight is 593 g/mol. The molecule has 0 bridgehead atoms. The Kier molecular flexibility index (Phi) is 9.22. The van der Waals surface area contributed by atoms with E-state index in [9.17, 15) is 13.2 Å². The summed E-state index contributed by atoms with van der Waals surface area (Å²) in [5, 5.41) is 2.75. The summed E-state index contributed by atoms with van der Waals surface area (Å²) in [6, 6.07) is 13.2. The Hall–Kier alpha value is -3.05. The van der Waals surface area contributed by atoms with Crippen molar-refractivity contribution in [3.8, 4) is 5.75 Å². The highest BCUT2D eigenvalue weighted by Gasteiger charge is 2.29. The van der Waals surface area contributed by atoms with Gasteiger partial charge in [0, 0.05) is 75.6 Å². The van der Waals surface area contributed by atoms with Crippen LogP contribution in [-0.4, -0.2) is 70.5 Å². The van der Waals surface area contributed by atoms with Crippen LogP contribution in [0.1, 0.15) is 12.0 Å². The second kappa shape index (κ2) is 12.4. The number of methoxy groups -OCH3 is 1. The van der Waals surface area contributed by atoms with Gasteiger partial charge in [0.1, 0.15) is 15.7 Å². The fourth-order valence-electron chi connectivity index (χ4n) is 4.46. The van der Waals surface area contributed by atoms with E-state index < -0.39 is 10.0 Å². The molecule has 1 N–H and O–H groups in total. The van der Waals surface area contributed by atoms with Crippen LogP contribution >= 0.6 is 23.2 Å². The number of carbonyl (C=O) groups excluding carboxylic acids is 1. The number of halogens is 2. The highest BCUT2D eigenvalue weighted by molar-refractivity contribution is 7.89. The molecule has 2 aromatic carbocycles. The van der Waals surface area contributed by atoms with Crippen LogP contribution in [-0.2, 0) is 14.8 Å². The van der Waals surface area contributed by atoms with E-state index in [2.05, 4.69) is 20.1 Å². The van der Waals surface area contributed by atoms with Gasteiger partial charge in [0.2, 0.25) is 15.9 Å². The first kappa shape index (κ1) is 28.9. The third-order valence-electron chi connectivity index (χ3n) is 6.68. The Labute approximate surface area is 239 Å². The summed E-state index contributed by atoms with van der Waals surface area (Å²) < 4.78 is 32.6. The molecule has 1 aliphatic heterocycles. The van der Waals surface area contributed by atoms with E-state index in [1.807, 2.05) is 36.4 Å². The number of benzene rings is 2. The number of hydrogen-bond donors (Lipinski definition) is 1. The molecular formula is C27H31Cl2N5O4S. The third kappa shape index (κ3) is 6.58. The fourth-order valence-corrected chi connectivity index (χ4v) is 6.72. The molecule has 0 atom stereocenters. The van der Waals surface area contributed by atoms with E-state index in [1.54, 1.807) is 19.3 Å². The molecule has 0 aliphatic carbocycles. The van der Waals surface area contributed by atoms with Gasteiger partial charge in [0.15, 0.2) is 0 Å². The van der Waals surface area contributed by atoms with Gasteiger partial charge >= 0.3 is 0 Å². The molecule has 1 amide bonds. The lowest BCUT2D eigenvalue weighted by atomic mass is 10.2. The summed E-state index contributed by atoms with van der Waals surface area (Å²) in [7, 11) is -1.16. The molecule has 0 radical (unpaired) electrons. The Bertz CT molecular complexity index is 1410. The van der Waals surface area contributed by atoms with Gasteiger partial charge in [-0.2, -0.15) is 0 Å². The smallest absolute Gasteiger partial charge is 0.244 e. The Balaban J connectivity index is 1.30. The molecule has 1 aliphatic rings. The SMILES string of the molecule is COc1cc(C)c(S(=O)(=O)N(C)CCC(=O)Nc2ccc(N3CCN(c4ccncc4)CC3)cc2)c(Cl)c1Cl. The van der Waals surface area contributed by atoms with Crippen molar-refractivity contribution in [2.45, 2.75) is 18.2 Å². The first-order valence-corrected chi connectivity index (χ1v) is 14.6. The van der Waals surface area contributed by atoms with Crippen molar-refractivity contribution >= 4 is 56.2 Å². The molecule has 0 saturated carbocycles. The van der Waals surface area contributed by atoms with E-state index in [0.29, 0.717) is 17.0 Å². The van der Waals surface area contributed by atoms with Gasteiger partial charge in [-0.1, -0.05) is 23.2 Å². The van der Waals surface area contributed by atoms with Gasteiger partial charge in [-0.15, -0.1) is 0 Å². The summed E-state index contributed by atoms with van der Waals surface area (Å²) in [5.74, 6) is -0.00951. The van der Waals surface area contributed by atoms with E-state index in [4.69, 9.17) is 27.9 Å². The molecule has 0 spiro atoms. The Morgan fingerprint density at radius 1 is 1.00 bits per heavy atom. The third-order valence-corrected chi connectivity index (χ3v) is 9.69. The monoisotopic (exact) mass is 591 g/mol. The molecule has 208 valence electrons. The maximum Gasteiger partial charge on any atom is 0.244 e. The molecule has 1 saturated heterocycles. The zero-order chi connectivity index (χ0) is 28.2. The van der Waals surface area contributed by atoms with Crippen LogP contribution in [0.25, 0.3) is 0 Å². The topological polar surface area (TPSA) is 95.1 Å². The largest absolute Gasteiger partial charge is 0.495 e. The van der Waals surface area contributed by atoms with Crippen LogP contribution in [0.2, 0.25) is 10.0 Å². The minimum atomic E-state index is -3.99. The number of piperazine rings is 1. The normalized spacial score (nSPS) is 14.0. The lowest BCUT2D eigenvalue weighted by molar-refractivity contribution is -0.116. The Morgan fingerprint density at radius 3 is 2.13 bits per heavy atom. The lowest BCUT2D eigenvalue weighted by Crippen LogP contribution is -2.46. The molecule has 4 rings (SSSR count). The number of hydrogen-bond acceptors (Lipinski definition) is 7. The number of aryl methyl sites for hydroxylation is 1. The van der Waals surface area contributed by atoms with Crippen LogP contribution in [0.3, 0.4) is 0 Å². The number of pyridine rings is 1. The van der Waals surface area contributed by atoms with E-state index >= 15 is 0 Å². The highest BCUT2D eigenvalue weighted by Crippen LogP contribution is 2.40. The van der Waals surface area contributed by atoms with Crippen molar-refractivity contribution in [2.24, 2.45) is 0 Å². The molecule has 1 aromatic heterocycles. The van der Waals surface area contributed by atoms with E-state index in [0.717, 1.165) is 36.2 Å². The van der Waals surface area contributed by atoms with Crippen molar-refractivity contribution in [3.05, 3.63) is 70.5 Å². The van der Waals surface area contributed by atoms with Crippen molar-refractivity contribution in [1.29, 1.82) is 0 Å². The number of amides is 1. The van der Waals surface area contributed by atoms with E-state index in [-0.39, 0.29) is 33.8 Å². The van der Waals surface area contributed by atoms with E-state index in [1.165, 1.54) is 25.9 Å². The van der Waals surface area contributed by atoms with Crippen LogP contribution in [0.15, 0.2) is 59.8 Å². The van der Waals surface area contributed by atoms with Crippen molar-refractivity contribution < 1.29 is 17.9 Å². The maximum atomic E-state index is 13.2. The summed E-state index contributed by atoms with van der Waals surface area (Å²) in [5.41, 5.74) is 3.30. The molecule has 12 heteroatoms. The van der Waals surface area contributed by atoms with Crippen LogP contribution in [0.5, 0.6) is 5.75 Å². The average Bonchev–Trinajstić information content (AvgIpc) is 2.94. The minimum Gasteiger partial charge on any atom is -0.495 e. The molecule has 2 heterocycles. The van der Waals surface area contributed by atoms with Crippen molar-refractivity contribution in [2.75, 3.05) is 62.0 Å². The first-order valence-electron chi connectivity index (χ1n) is 12.4. The van der Waals surface area contributed by atoms with Crippen LogP contribution in [0, 0.1) is 6.92 Å². The number of aromatic nitrogens is 1. The molecule has 3 aromatic rings. The molecule has 1 fully saturated rings. The first-order chi connectivity index (χ1) is 18.6. The summed E-state index contributed by atoms with van der Waals surface area (Å²) in [6.07, 6.45) is 3.58. The quantitative estimate of drug-likeness (QED) is 0.386. The van der Waals surface area contributed by atoms with Crippen molar-refractivity contribution in [1.82, 2.24) is 9.29 Å². The number of rotatable bonds is 9. The number of ether oxygens (including phenoxy) is 1. The number of carbonyl (C=O) groups is 1. The highest BCUT2D eigenvalue weighted by atomic mass is 35.5. The fraction of sp³-hybridized carbons (Fsp3) is 0.333. The summed E-state index contributed by atoms with van der Waals surface area (Å²) in [4.78, 5) is 21.2. The number of nitrogens with zero attached hydrogens (tertiary/aromatic N) is 4. The predicted molar refractivity (Wildman–Crippen MR) is 156 cm³/mol. The zero-order valence-corrected chi connectivity index (χ0v) is 24.4. The number of sulfonamides is 1. The molecule has 39 heavy (non-hydrogen) atoms. The maximum absolute atomic E-state index is 13.2.